The smallest absolute Gasteiger partial charge is 0.0826 e. The molecule has 0 spiro atoms. The Morgan fingerprint density at radius 2 is 1.31 bits per heavy atom. The highest BCUT2D eigenvalue weighted by molar-refractivity contribution is 9.24. The lowest BCUT2D eigenvalue weighted by Crippen LogP contribution is -1.87. The summed E-state index contributed by atoms with van der Waals surface area (Å²) in [5, 5.41) is 1.56. The van der Waals surface area contributed by atoms with Crippen molar-refractivity contribution >= 4 is 78.3 Å². The van der Waals surface area contributed by atoms with Gasteiger partial charge in [-0.3, -0.25) is 0 Å². The summed E-state index contributed by atoms with van der Waals surface area (Å²) in [6.07, 6.45) is 0. The molecule has 1 rings (SSSR count). The fourth-order valence-corrected chi connectivity index (χ4v) is 3.27. The van der Waals surface area contributed by atoms with E-state index in [0.717, 1.165) is 0 Å². The third-order valence-corrected chi connectivity index (χ3v) is 3.88. The van der Waals surface area contributed by atoms with Crippen LogP contribution in [0.25, 0.3) is 0 Å². The van der Waals surface area contributed by atoms with Crippen molar-refractivity contribution in [2.75, 3.05) is 0 Å². The molecule has 0 aromatic heterocycles. The highest BCUT2D eigenvalue weighted by Gasteiger charge is 2.18. The van der Waals surface area contributed by atoms with E-state index in [0.29, 0.717) is 25.7 Å². The number of hydrogen-bond donors (Lipinski definition) is 0. The van der Waals surface area contributed by atoms with Crippen molar-refractivity contribution in [3.63, 3.8) is 0 Å². The van der Waals surface area contributed by atoms with Crippen LogP contribution in [-0.4, -0.2) is 0 Å². The van der Waals surface area contributed by atoms with Crippen LogP contribution < -0.4 is 0 Å². The van der Waals surface area contributed by atoms with E-state index in [2.05, 4.69) is 31.9 Å². The topological polar surface area (TPSA) is 0 Å². The average molecular weight is 388 g/mol. The van der Waals surface area contributed by atoms with Gasteiger partial charge in [-0.1, -0.05) is 78.3 Å². The van der Waals surface area contributed by atoms with Gasteiger partial charge in [0.25, 0.3) is 0 Å². The minimum Gasteiger partial charge on any atom is -0.0826 e. The van der Waals surface area contributed by atoms with Gasteiger partial charge in [-0.2, -0.15) is 0 Å². The molecule has 0 nitrogen and oxygen atoms in total. The van der Waals surface area contributed by atoms with E-state index in [1.807, 2.05) is 0 Å². The fraction of sp³-hybridized carbons (Fsp3) is 0.143. The summed E-state index contributed by atoms with van der Waals surface area (Å²) in [6, 6.07) is 1.51. The molecule has 6 heteroatoms. The van der Waals surface area contributed by atoms with Crippen LogP contribution in [0.3, 0.4) is 0 Å². The molecule has 0 aliphatic carbocycles. The van der Waals surface area contributed by atoms with Crippen molar-refractivity contribution in [3.8, 4) is 0 Å². The summed E-state index contributed by atoms with van der Waals surface area (Å²) in [7, 11) is 0. The molecule has 0 N–H and O–H groups in total. The third kappa shape index (κ3) is 2.67. The number of rotatable bonds is 1. The maximum atomic E-state index is 5.93. The van der Waals surface area contributed by atoms with Crippen LogP contribution >= 0.6 is 78.3 Å². The highest BCUT2D eigenvalue weighted by atomic mass is 79.9. The van der Waals surface area contributed by atoms with Gasteiger partial charge < -0.3 is 0 Å². The van der Waals surface area contributed by atoms with Crippen LogP contribution in [0.2, 0.25) is 20.1 Å². The Morgan fingerprint density at radius 1 is 0.923 bits per heavy atom. The molecule has 13 heavy (non-hydrogen) atoms. The van der Waals surface area contributed by atoms with E-state index in [-0.39, 0.29) is 3.74 Å². The number of halogens is 6. The second-order valence-electron chi connectivity index (χ2n) is 2.18. The number of alkyl halides is 2. The quantitative estimate of drug-likeness (QED) is 0.404. The van der Waals surface area contributed by atoms with Crippen molar-refractivity contribution in [1.82, 2.24) is 0 Å². The molecule has 0 saturated carbocycles. The molecule has 72 valence electrons. The summed E-state index contributed by atoms with van der Waals surface area (Å²) in [5.74, 6) is 0. The van der Waals surface area contributed by atoms with E-state index >= 15 is 0 Å². The van der Waals surface area contributed by atoms with Crippen molar-refractivity contribution in [3.05, 3.63) is 31.7 Å². The zero-order valence-corrected chi connectivity index (χ0v) is 12.1. The first-order valence-corrected chi connectivity index (χ1v) is 6.40. The third-order valence-electron chi connectivity index (χ3n) is 1.36. The van der Waals surface area contributed by atoms with Crippen LogP contribution in [0.1, 0.15) is 9.30 Å². The van der Waals surface area contributed by atoms with Crippen LogP contribution in [0.15, 0.2) is 6.07 Å². The summed E-state index contributed by atoms with van der Waals surface area (Å²) >= 11 is 30.1. The lowest BCUT2D eigenvalue weighted by atomic mass is 10.2. The SMILES string of the molecule is Clc1cc(Cl)c(Cl)c(C(Br)Br)c1Cl. The van der Waals surface area contributed by atoms with Gasteiger partial charge in [-0.05, 0) is 6.07 Å². The minimum atomic E-state index is -0.170. The first-order valence-electron chi connectivity index (χ1n) is 3.06. The maximum absolute atomic E-state index is 5.93. The minimum absolute atomic E-state index is 0.170. The van der Waals surface area contributed by atoms with Crippen LogP contribution in [0.4, 0.5) is 0 Å². The van der Waals surface area contributed by atoms with Crippen LogP contribution in [-0.2, 0) is 0 Å². The fourth-order valence-electron chi connectivity index (χ4n) is 0.783. The Morgan fingerprint density at radius 3 is 1.62 bits per heavy atom. The lowest BCUT2D eigenvalue weighted by molar-refractivity contribution is 1.42. The predicted octanol–water partition coefficient (Wildman–Crippen LogP) is 6.09. The largest absolute Gasteiger partial charge is 0.0976 e. The molecular weight excluding hydrogens is 386 g/mol. The second kappa shape index (κ2) is 4.91. The summed E-state index contributed by atoms with van der Waals surface area (Å²) in [5.41, 5.74) is 0.640. The van der Waals surface area contributed by atoms with Crippen molar-refractivity contribution in [2.24, 2.45) is 0 Å². The lowest BCUT2D eigenvalue weighted by Gasteiger charge is -2.10. The first kappa shape index (κ1) is 12.4. The van der Waals surface area contributed by atoms with Gasteiger partial charge in [0.2, 0.25) is 0 Å². The van der Waals surface area contributed by atoms with E-state index in [1.165, 1.54) is 6.07 Å². The van der Waals surface area contributed by atoms with Gasteiger partial charge in [0, 0.05) is 5.56 Å². The highest BCUT2D eigenvalue weighted by Crippen LogP contribution is 2.45. The van der Waals surface area contributed by atoms with Crippen LogP contribution in [0.5, 0.6) is 0 Å². The molecule has 0 radical (unpaired) electrons. The maximum Gasteiger partial charge on any atom is 0.0976 e. The average Bonchev–Trinajstić information content (AvgIpc) is 2.01. The van der Waals surface area contributed by atoms with E-state index in [4.69, 9.17) is 46.4 Å². The van der Waals surface area contributed by atoms with Gasteiger partial charge in [-0.15, -0.1) is 0 Å². The zero-order valence-electron chi connectivity index (χ0n) is 5.92. The normalized spacial score (nSPS) is 11.0. The van der Waals surface area contributed by atoms with E-state index < -0.39 is 0 Å². The van der Waals surface area contributed by atoms with E-state index in [9.17, 15) is 0 Å². The van der Waals surface area contributed by atoms with Gasteiger partial charge in [0.05, 0.1) is 23.8 Å². The molecule has 0 amide bonds. The van der Waals surface area contributed by atoms with E-state index in [1.54, 1.807) is 0 Å². The Bertz CT molecular complexity index is 312. The van der Waals surface area contributed by atoms with Gasteiger partial charge in [0.15, 0.2) is 0 Å². The standard InChI is InChI=1S/C7H2Br2Cl4/c8-7(9)4-5(12)2(10)1-3(11)6(4)13/h1,7H. The molecule has 0 saturated heterocycles. The summed E-state index contributed by atoms with van der Waals surface area (Å²) in [4.78, 5) is 0. The number of hydrogen-bond acceptors (Lipinski definition) is 0. The van der Waals surface area contributed by atoms with Crippen LogP contribution in [0, 0.1) is 0 Å². The Balaban J connectivity index is 3.46. The molecule has 1 aromatic rings. The zero-order chi connectivity index (χ0) is 10.2. The molecule has 0 heterocycles. The number of benzene rings is 1. The summed E-state index contributed by atoms with van der Waals surface area (Å²) in [6.45, 7) is 0. The molecule has 0 fully saturated rings. The Labute approximate surface area is 113 Å². The molecule has 0 atom stereocenters. The second-order valence-corrected chi connectivity index (χ2v) is 6.81. The summed E-state index contributed by atoms with van der Waals surface area (Å²) < 4.78 is -0.170. The molecular formula is C7H2Br2Cl4. The molecule has 1 aromatic carbocycles. The van der Waals surface area contributed by atoms with Crippen molar-refractivity contribution < 1.29 is 0 Å². The van der Waals surface area contributed by atoms with Crippen molar-refractivity contribution in [2.45, 2.75) is 3.74 Å². The molecule has 0 bridgehead atoms. The van der Waals surface area contributed by atoms with Gasteiger partial charge in [-0.25, -0.2) is 0 Å². The molecule has 0 aliphatic heterocycles. The Hall–Kier alpha value is 1.34. The predicted molar refractivity (Wildman–Crippen MR) is 67.1 cm³/mol. The Kier molecular flexibility index (Phi) is 4.69. The monoisotopic (exact) mass is 384 g/mol. The molecule has 0 aliphatic rings. The van der Waals surface area contributed by atoms with Gasteiger partial charge in [0.1, 0.15) is 0 Å². The molecule has 0 unspecified atom stereocenters. The van der Waals surface area contributed by atoms with Gasteiger partial charge >= 0.3 is 0 Å². The first-order chi connectivity index (χ1) is 5.95. The van der Waals surface area contributed by atoms with Crippen molar-refractivity contribution in [1.29, 1.82) is 0 Å².